The molecule has 3 rings (SSSR count). The van der Waals surface area contributed by atoms with Crippen molar-refractivity contribution in [3.05, 3.63) is 45.1 Å². The van der Waals surface area contributed by atoms with Crippen LogP contribution in [0.4, 0.5) is 5.69 Å². The largest absolute Gasteiger partial charge is 0.481 e. The first-order valence-electron chi connectivity index (χ1n) is 6.77. The predicted molar refractivity (Wildman–Crippen MR) is 81.5 cm³/mol. The maximum Gasteiger partial charge on any atom is 0.150 e. The van der Waals surface area contributed by atoms with Crippen LogP contribution < -0.4 is 10.1 Å². The van der Waals surface area contributed by atoms with Crippen molar-refractivity contribution in [1.29, 1.82) is 0 Å². The van der Waals surface area contributed by atoms with E-state index in [9.17, 15) is 0 Å². The van der Waals surface area contributed by atoms with E-state index in [2.05, 4.69) is 50.4 Å². The van der Waals surface area contributed by atoms with Crippen molar-refractivity contribution in [2.75, 3.05) is 11.9 Å². The topological polar surface area (TPSA) is 21.3 Å². The summed E-state index contributed by atoms with van der Waals surface area (Å²) >= 11 is 1.86. The predicted octanol–water partition coefficient (Wildman–Crippen LogP) is 4.47. The molecule has 2 aromatic rings. The minimum atomic E-state index is 0.138. The van der Waals surface area contributed by atoms with E-state index in [1.807, 2.05) is 11.3 Å². The first-order chi connectivity index (χ1) is 9.17. The van der Waals surface area contributed by atoms with Gasteiger partial charge in [-0.2, -0.15) is 0 Å². The van der Waals surface area contributed by atoms with Gasteiger partial charge in [0.1, 0.15) is 5.75 Å². The normalized spacial score (nSPS) is 17.5. The Balaban J connectivity index is 1.89. The van der Waals surface area contributed by atoms with Gasteiger partial charge < -0.3 is 10.1 Å². The summed E-state index contributed by atoms with van der Waals surface area (Å²) in [6.07, 6.45) is 1.24. The summed E-state index contributed by atoms with van der Waals surface area (Å²) < 4.78 is 6.21. The number of rotatable bonds is 2. The molecule has 1 unspecified atom stereocenters. The van der Waals surface area contributed by atoms with Gasteiger partial charge in [-0.15, -0.1) is 11.3 Å². The van der Waals surface area contributed by atoms with Gasteiger partial charge in [-0.05, 0) is 49.6 Å². The lowest BCUT2D eigenvalue weighted by molar-refractivity contribution is 0.212. The first kappa shape index (κ1) is 12.5. The van der Waals surface area contributed by atoms with Crippen molar-refractivity contribution >= 4 is 17.0 Å². The molecule has 0 amide bonds. The molecule has 0 fully saturated rings. The van der Waals surface area contributed by atoms with E-state index in [4.69, 9.17) is 4.74 Å². The number of anilines is 1. The summed E-state index contributed by atoms with van der Waals surface area (Å²) in [5, 5.41) is 3.50. The van der Waals surface area contributed by atoms with Crippen molar-refractivity contribution in [2.24, 2.45) is 0 Å². The van der Waals surface area contributed by atoms with Crippen LogP contribution in [0, 0.1) is 13.8 Å². The van der Waals surface area contributed by atoms with Gasteiger partial charge in [0.05, 0.1) is 12.2 Å². The molecule has 0 spiro atoms. The molecule has 0 aliphatic carbocycles. The highest BCUT2D eigenvalue weighted by molar-refractivity contribution is 7.12. The molecule has 0 saturated heterocycles. The highest BCUT2D eigenvalue weighted by atomic mass is 32.1. The zero-order valence-corrected chi connectivity index (χ0v) is 12.4. The molecule has 100 valence electrons. The molecular formula is C16H19NOS. The van der Waals surface area contributed by atoms with Crippen molar-refractivity contribution in [3.8, 4) is 5.75 Å². The van der Waals surface area contributed by atoms with Crippen molar-refractivity contribution in [3.63, 3.8) is 0 Å². The first-order valence-corrected chi connectivity index (χ1v) is 7.59. The molecule has 2 heterocycles. The number of hydrogen-bond donors (Lipinski definition) is 1. The Morgan fingerprint density at radius 3 is 2.89 bits per heavy atom. The summed E-state index contributed by atoms with van der Waals surface area (Å²) in [5.74, 6) is 1.01. The second-order valence-electron chi connectivity index (χ2n) is 5.10. The zero-order valence-electron chi connectivity index (χ0n) is 11.6. The maximum atomic E-state index is 6.21. The second kappa shape index (κ2) is 4.89. The minimum absolute atomic E-state index is 0.138. The SMILES string of the molecule is CCc1ccc(C2CNc3cc(C)cc(C)c3O2)s1. The molecule has 2 nitrogen and oxygen atoms in total. The smallest absolute Gasteiger partial charge is 0.150 e. The molecule has 0 radical (unpaired) electrons. The van der Waals surface area contributed by atoms with E-state index >= 15 is 0 Å². The van der Waals surface area contributed by atoms with Gasteiger partial charge in [0, 0.05) is 9.75 Å². The van der Waals surface area contributed by atoms with Crippen LogP contribution >= 0.6 is 11.3 Å². The summed E-state index contributed by atoms with van der Waals surface area (Å²) in [7, 11) is 0. The molecule has 3 heteroatoms. The molecule has 1 aromatic carbocycles. The third-order valence-electron chi connectivity index (χ3n) is 3.51. The van der Waals surface area contributed by atoms with Gasteiger partial charge in [0.2, 0.25) is 0 Å². The molecule has 0 bridgehead atoms. The number of nitrogens with one attached hydrogen (secondary N) is 1. The molecule has 1 aliphatic heterocycles. The number of aryl methyl sites for hydroxylation is 3. The highest BCUT2D eigenvalue weighted by Crippen LogP contribution is 2.39. The Morgan fingerprint density at radius 1 is 1.32 bits per heavy atom. The Hall–Kier alpha value is -1.48. The zero-order chi connectivity index (χ0) is 13.4. The summed E-state index contributed by atoms with van der Waals surface area (Å²) in [6.45, 7) is 7.27. The van der Waals surface area contributed by atoms with Crippen molar-refractivity contribution in [2.45, 2.75) is 33.3 Å². The summed E-state index contributed by atoms with van der Waals surface area (Å²) in [5.41, 5.74) is 3.61. The number of fused-ring (bicyclic) bond motifs is 1. The van der Waals surface area contributed by atoms with E-state index in [-0.39, 0.29) is 6.10 Å². The minimum Gasteiger partial charge on any atom is -0.481 e. The Bertz CT molecular complexity index is 603. The third-order valence-corrected chi connectivity index (χ3v) is 4.83. The molecule has 19 heavy (non-hydrogen) atoms. The van der Waals surface area contributed by atoms with Gasteiger partial charge >= 0.3 is 0 Å². The van der Waals surface area contributed by atoms with E-state index in [0.717, 1.165) is 24.4 Å². The quantitative estimate of drug-likeness (QED) is 0.871. The lowest BCUT2D eigenvalue weighted by Crippen LogP contribution is -2.23. The fourth-order valence-corrected chi connectivity index (χ4v) is 3.53. The van der Waals surface area contributed by atoms with Crippen LogP contribution in [0.25, 0.3) is 0 Å². The van der Waals surface area contributed by atoms with Crippen LogP contribution in [0.1, 0.15) is 33.9 Å². The number of thiophene rings is 1. The van der Waals surface area contributed by atoms with E-state index < -0.39 is 0 Å². The highest BCUT2D eigenvalue weighted by Gasteiger charge is 2.23. The number of ether oxygens (including phenoxy) is 1. The maximum absolute atomic E-state index is 6.21. The average molecular weight is 273 g/mol. The van der Waals surface area contributed by atoms with E-state index in [0.29, 0.717) is 0 Å². The molecule has 1 atom stereocenters. The second-order valence-corrected chi connectivity index (χ2v) is 6.30. The van der Waals surface area contributed by atoms with Crippen LogP contribution in [0.3, 0.4) is 0 Å². The molecule has 1 N–H and O–H groups in total. The van der Waals surface area contributed by atoms with Crippen molar-refractivity contribution < 1.29 is 4.74 Å². The fraction of sp³-hybridized carbons (Fsp3) is 0.375. The summed E-state index contributed by atoms with van der Waals surface area (Å²) in [4.78, 5) is 2.74. The lowest BCUT2D eigenvalue weighted by atomic mass is 10.1. The van der Waals surface area contributed by atoms with Gasteiger partial charge in [-0.25, -0.2) is 0 Å². The van der Waals surface area contributed by atoms with E-state index in [1.165, 1.54) is 20.9 Å². The Labute approximate surface area is 118 Å². The van der Waals surface area contributed by atoms with Crippen LogP contribution in [0.2, 0.25) is 0 Å². The molecule has 1 aromatic heterocycles. The summed E-state index contributed by atoms with van der Waals surface area (Å²) in [6, 6.07) is 8.74. The molecule has 0 saturated carbocycles. The fourth-order valence-electron chi connectivity index (χ4n) is 2.54. The third kappa shape index (κ3) is 2.35. The number of benzene rings is 1. The van der Waals surface area contributed by atoms with Gasteiger partial charge in [0.25, 0.3) is 0 Å². The van der Waals surface area contributed by atoms with Gasteiger partial charge in [-0.3, -0.25) is 0 Å². The van der Waals surface area contributed by atoms with Crippen LogP contribution in [0.5, 0.6) is 5.75 Å². The van der Waals surface area contributed by atoms with Crippen molar-refractivity contribution in [1.82, 2.24) is 0 Å². The molecular weight excluding hydrogens is 254 g/mol. The monoisotopic (exact) mass is 273 g/mol. The Kier molecular flexibility index (Phi) is 3.23. The lowest BCUT2D eigenvalue weighted by Gasteiger charge is -2.28. The Morgan fingerprint density at radius 2 is 2.16 bits per heavy atom. The molecule has 1 aliphatic rings. The standard InChI is InChI=1S/C16H19NOS/c1-4-12-5-6-15(19-12)14-9-17-13-8-10(2)7-11(3)16(13)18-14/h5-8,14,17H,4,9H2,1-3H3. The average Bonchev–Trinajstić information content (AvgIpc) is 2.87. The van der Waals surface area contributed by atoms with Gasteiger partial charge in [-0.1, -0.05) is 13.0 Å². The van der Waals surface area contributed by atoms with Crippen LogP contribution in [-0.4, -0.2) is 6.54 Å². The van der Waals surface area contributed by atoms with Crippen LogP contribution in [-0.2, 0) is 6.42 Å². The van der Waals surface area contributed by atoms with Gasteiger partial charge in [0.15, 0.2) is 6.10 Å². The van der Waals surface area contributed by atoms with Crippen LogP contribution in [0.15, 0.2) is 24.3 Å². The van der Waals surface area contributed by atoms with E-state index in [1.54, 1.807) is 0 Å². The number of hydrogen-bond acceptors (Lipinski definition) is 3.